The van der Waals surface area contributed by atoms with Gasteiger partial charge in [0, 0.05) is 4.47 Å². The van der Waals surface area contributed by atoms with Crippen LogP contribution in [0, 0.1) is 5.82 Å². The number of carboxylic acid groups (broad SMARTS) is 1. The third-order valence-electron chi connectivity index (χ3n) is 1.93. The van der Waals surface area contributed by atoms with Gasteiger partial charge in [-0.25, -0.2) is 9.18 Å². The second-order valence-corrected chi connectivity index (χ2v) is 3.99. The van der Waals surface area contributed by atoms with Gasteiger partial charge in [-0.3, -0.25) is 0 Å². The maximum absolute atomic E-state index is 12.9. The quantitative estimate of drug-likeness (QED) is 0.854. The molecular formula is C9H9BrFNO2. The van der Waals surface area contributed by atoms with Crippen molar-refractivity contribution in [1.29, 1.82) is 0 Å². The van der Waals surface area contributed by atoms with Crippen LogP contribution in [-0.4, -0.2) is 11.1 Å². The fourth-order valence-corrected chi connectivity index (χ4v) is 1.67. The van der Waals surface area contributed by atoms with Crippen LogP contribution >= 0.6 is 15.9 Å². The van der Waals surface area contributed by atoms with E-state index in [4.69, 9.17) is 10.8 Å². The van der Waals surface area contributed by atoms with Gasteiger partial charge in [0.05, 0.1) is 0 Å². The molecule has 0 amide bonds. The summed E-state index contributed by atoms with van der Waals surface area (Å²) >= 11 is 3.12. The molecule has 0 spiro atoms. The van der Waals surface area contributed by atoms with Gasteiger partial charge in [-0.05, 0) is 30.7 Å². The van der Waals surface area contributed by atoms with Crippen LogP contribution in [-0.2, 0) is 10.3 Å². The van der Waals surface area contributed by atoms with Gasteiger partial charge in [-0.15, -0.1) is 0 Å². The standard InChI is InChI=1S/C9H9BrFNO2/c1-9(12,8(13)14)6-4-5(11)2-3-7(6)10/h2-4H,12H2,1H3,(H,13,14)/t9-/m0/s1. The molecule has 3 nitrogen and oxygen atoms in total. The molecule has 14 heavy (non-hydrogen) atoms. The van der Waals surface area contributed by atoms with Crippen molar-refractivity contribution in [3.63, 3.8) is 0 Å². The summed E-state index contributed by atoms with van der Waals surface area (Å²) in [6, 6.07) is 3.77. The molecule has 1 aromatic carbocycles. The fraction of sp³-hybridized carbons (Fsp3) is 0.222. The zero-order chi connectivity index (χ0) is 10.9. The van der Waals surface area contributed by atoms with E-state index >= 15 is 0 Å². The molecule has 0 heterocycles. The zero-order valence-electron chi connectivity index (χ0n) is 7.42. The van der Waals surface area contributed by atoms with Gasteiger partial charge < -0.3 is 10.8 Å². The molecule has 0 aliphatic carbocycles. The lowest BCUT2D eigenvalue weighted by molar-refractivity contribution is -0.143. The van der Waals surface area contributed by atoms with Crippen molar-refractivity contribution >= 4 is 21.9 Å². The third kappa shape index (κ3) is 1.93. The molecular weight excluding hydrogens is 253 g/mol. The van der Waals surface area contributed by atoms with E-state index in [9.17, 15) is 9.18 Å². The number of halogens is 2. The topological polar surface area (TPSA) is 63.3 Å². The van der Waals surface area contributed by atoms with Crippen molar-refractivity contribution in [2.45, 2.75) is 12.5 Å². The summed E-state index contributed by atoms with van der Waals surface area (Å²) in [6.07, 6.45) is 0. The maximum atomic E-state index is 12.9. The highest BCUT2D eigenvalue weighted by atomic mass is 79.9. The summed E-state index contributed by atoms with van der Waals surface area (Å²) in [5.41, 5.74) is 4.17. The van der Waals surface area contributed by atoms with Gasteiger partial charge >= 0.3 is 5.97 Å². The third-order valence-corrected chi connectivity index (χ3v) is 2.62. The second-order valence-electron chi connectivity index (χ2n) is 3.13. The van der Waals surface area contributed by atoms with E-state index in [1.165, 1.54) is 19.1 Å². The van der Waals surface area contributed by atoms with Gasteiger partial charge in [0.1, 0.15) is 11.4 Å². The number of hydrogen-bond acceptors (Lipinski definition) is 2. The van der Waals surface area contributed by atoms with Crippen LogP contribution in [0.3, 0.4) is 0 Å². The lowest BCUT2D eigenvalue weighted by Gasteiger charge is -2.21. The first-order valence-electron chi connectivity index (χ1n) is 3.83. The van der Waals surface area contributed by atoms with Crippen molar-refractivity contribution in [1.82, 2.24) is 0 Å². The minimum Gasteiger partial charge on any atom is -0.480 e. The molecule has 3 N–H and O–H groups in total. The van der Waals surface area contributed by atoms with E-state index in [1.807, 2.05) is 0 Å². The van der Waals surface area contributed by atoms with E-state index in [0.29, 0.717) is 4.47 Å². The largest absolute Gasteiger partial charge is 0.480 e. The number of carboxylic acids is 1. The minimum absolute atomic E-state index is 0.213. The highest BCUT2D eigenvalue weighted by Crippen LogP contribution is 2.27. The lowest BCUT2D eigenvalue weighted by atomic mass is 9.93. The van der Waals surface area contributed by atoms with E-state index < -0.39 is 17.3 Å². The molecule has 0 unspecified atom stereocenters. The highest BCUT2D eigenvalue weighted by Gasteiger charge is 2.32. The molecule has 0 fully saturated rings. The number of nitrogens with two attached hydrogens (primary N) is 1. The zero-order valence-corrected chi connectivity index (χ0v) is 9.01. The van der Waals surface area contributed by atoms with Gasteiger partial charge in [0.15, 0.2) is 0 Å². The predicted octanol–water partition coefficient (Wildman–Crippen LogP) is 1.85. The summed E-state index contributed by atoms with van der Waals surface area (Å²) in [5, 5.41) is 8.84. The SMILES string of the molecule is C[C@@](N)(C(=O)O)c1cc(F)ccc1Br. The van der Waals surface area contributed by atoms with Gasteiger partial charge in [0.25, 0.3) is 0 Å². The van der Waals surface area contributed by atoms with Crippen LogP contribution in [0.5, 0.6) is 0 Å². The Morgan fingerprint density at radius 3 is 2.71 bits per heavy atom. The summed E-state index contributed by atoms with van der Waals surface area (Å²) in [7, 11) is 0. The van der Waals surface area contributed by atoms with Crippen molar-refractivity contribution in [3.8, 4) is 0 Å². The fourth-order valence-electron chi connectivity index (χ4n) is 1.01. The molecule has 0 bridgehead atoms. The highest BCUT2D eigenvalue weighted by molar-refractivity contribution is 9.10. The van der Waals surface area contributed by atoms with Crippen molar-refractivity contribution in [3.05, 3.63) is 34.1 Å². The average molecular weight is 262 g/mol. The lowest BCUT2D eigenvalue weighted by Crippen LogP contribution is -2.42. The molecule has 0 aliphatic rings. The number of rotatable bonds is 2. The Morgan fingerprint density at radius 1 is 1.64 bits per heavy atom. The van der Waals surface area contributed by atoms with Gasteiger partial charge in [-0.2, -0.15) is 0 Å². The number of hydrogen-bond donors (Lipinski definition) is 2. The monoisotopic (exact) mass is 261 g/mol. The molecule has 76 valence electrons. The summed E-state index contributed by atoms with van der Waals surface area (Å²) < 4.78 is 13.3. The van der Waals surface area contributed by atoms with Crippen LogP contribution in [0.15, 0.2) is 22.7 Å². The van der Waals surface area contributed by atoms with E-state index in [2.05, 4.69) is 15.9 Å². The van der Waals surface area contributed by atoms with E-state index in [-0.39, 0.29) is 5.56 Å². The van der Waals surface area contributed by atoms with Crippen molar-refractivity contribution in [2.75, 3.05) is 0 Å². The molecule has 1 aromatic rings. The van der Waals surface area contributed by atoms with Crippen LogP contribution < -0.4 is 5.73 Å². The smallest absolute Gasteiger partial charge is 0.328 e. The first-order valence-corrected chi connectivity index (χ1v) is 4.63. The van der Waals surface area contributed by atoms with E-state index in [1.54, 1.807) is 0 Å². The molecule has 0 aromatic heterocycles. The Kier molecular flexibility index (Phi) is 2.92. The molecule has 1 rings (SSSR count). The molecule has 1 atom stereocenters. The number of benzene rings is 1. The second kappa shape index (κ2) is 3.67. The Hall–Kier alpha value is -0.940. The Bertz CT molecular complexity index is 379. The van der Waals surface area contributed by atoms with Gasteiger partial charge in [0.2, 0.25) is 0 Å². The van der Waals surface area contributed by atoms with Crippen LogP contribution in [0.4, 0.5) is 4.39 Å². The Morgan fingerprint density at radius 2 is 2.21 bits per heavy atom. The van der Waals surface area contributed by atoms with Crippen LogP contribution in [0.2, 0.25) is 0 Å². The van der Waals surface area contributed by atoms with Crippen LogP contribution in [0.25, 0.3) is 0 Å². The van der Waals surface area contributed by atoms with Crippen molar-refractivity contribution in [2.24, 2.45) is 5.73 Å². The number of aliphatic carboxylic acids is 1. The first-order chi connectivity index (χ1) is 6.35. The van der Waals surface area contributed by atoms with E-state index in [0.717, 1.165) is 6.07 Å². The molecule has 0 radical (unpaired) electrons. The van der Waals surface area contributed by atoms with Crippen molar-refractivity contribution < 1.29 is 14.3 Å². The summed E-state index contributed by atoms with van der Waals surface area (Å²) in [4.78, 5) is 10.8. The normalized spacial score (nSPS) is 14.9. The van der Waals surface area contributed by atoms with Gasteiger partial charge in [-0.1, -0.05) is 15.9 Å². The summed E-state index contributed by atoms with van der Waals surface area (Å²) in [5.74, 6) is -1.72. The molecule has 0 saturated carbocycles. The molecule has 0 aliphatic heterocycles. The maximum Gasteiger partial charge on any atom is 0.328 e. The Balaban J connectivity index is 3.31. The average Bonchev–Trinajstić information content (AvgIpc) is 2.08. The number of carbonyl (C=O) groups is 1. The predicted molar refractivity (Wildman–Crippen MR) is 53.3 cm³/mol. The molecule has 0 saturated heterocycles. The first kappa shape index (κ1) is 11.1. The molecule has 5 heteroatoms. The minimum atomic E-state index is -1.60. The summed E-state index contributed by atoms with van der Waals surface area (Å²) in [6.45, 7) is 1.31. The Labute approximate surface area is 88.9 Å². The van der Waals surface area contributed by atoms with Crippen LogP contribution in [0.1, 0.15) is 12.5 Å².